The minimum atomic E-state index is -0.158. The summed E-state index contributed by atoms with van der Waals surface area (Å²) in [4.78, 5) is 25.0. The second-order valence-electron chi connectivity index (χ2n) is 7.53. The average Bonchev–Trinajstić information content (AvgIpc) is 3.18. The first-order chi connectivity index (χ1) is 14.5. The van der Waals surface area contributed by atoms with Crippen molar-refractivity contribution in [1.29, 1.82) is 0 Å². The molecule has 0 spiro atoms. The molecule has 2 aromatic heterocycles. The van der Waals surface area contributed by atoms with E-state index in [2.05, 4.69) is 10.4 Å². The van der Waals surface area contributed by atoms with E-state index >= 15 is 0 Å². The molecule has 30 heavy (non-hydrogen) atoms. The maximum atomic E-state index is 12.8. The summed E-state index contributed by atoms with van der Waals surface area (Å²) < 4.78 is 3.15. The second-order valence-corrected chi connectivity index (χ2v) is 7.53. The van der Waals surface area contributed by atoms with E-state index in [1.165, 1.54) is 11.1 Å². The lowest BCUT2D eigenvalue weighted by Crippen LogP contribution is -2.27. The predicted octanol–water partition coefficient (Wildman–Crippen LogP) is 3.49. The first-order valence-corrected chi connectivity index (χ1v) is 9.98. The number of nitrogens with zero attached hydrogens (tertiary/aromatic N) is 3. The van der Waals surface area contributed by atoms with Gasteiger partial charge in [0, 0.05) is 37.5 Å². The van der Waals surface area contributed by atoms with E-state index in [0.717, 1.165) is 16.8 Å². The number of carbonyl (C=O) groups excluding carboxylic acids is 1. The standard InChI is InChI=1S/C24H24N4O2/c1-17-3-7-19(8-4-17)16-25-23(29)11-12-27-13-14-28-22(24(27)30)15-21(26-28)20-9-5-18(2)6-10-20/h3-10,13-15H,11-12,16H2,1-2H3,(H,25,29). The van der Waals surface area contributed by atoms with Crippen LogP contribution in [0.3, 0.4) is 0 Å². The lowest BCUT2D eigenvalue weighted by molar-refractivity contribution is -0.121. The maximum absolute atomic E-state index is 12.8. The van der Waals surface area contributed by atoms with Gasteiger partial charge in [-0.05, 0) is 25.5 Å². The van der Waals surface area contributed by atoms with Crippen LogP contribution in [-0.2, 0) is 17.9 Å². The van der Waals surface area contributed by atoms with Crippen LogP contribution in [-0.4, -0.2) is 20.1 Å². The molecule has 0 atom stereocenters. The Kier molecular flexibility index (Phi) is 5.48. The van der Waals surface area contributed by atoms with Gasteiger partial charge in [0.25, 0.3) is 5.56 Å². The topological polar surface area (TPSA) is 68.4 Å². The number of aromatic nitrogens is 3. The van der Waals surface area contributed by atoms with Crippen molar-refractivity contribution in [3.05, 3.63) is 94.0 Å². The number of aryl methyl sites for hydroxylation is 3. The van der Waals surface area contributed by atoms with Gasteiger partial charge in [-0.25, -0.2) is 4.52 Å². The van der Waals surface area contributed by atoms with Crippen LogP contribution < -0.4 is 10.9 Å². The van der Waals surface area contributed by atoms with Crippen molar-refractivity contribution < 1.29 is 4.79 Å². The fraction of sp³-hybridized carbons (Fsp3) is 0.208. The van der Waals surface area contributed by atoms with Gasteiger partial charge in [0.2, 0.25) is 5.91 Å². The summed E-state index contributed by atoms with van der Waals surface area (Å²) in [6.07, 6.45) is 3.66. The molecule has 0 fully saturated rings. The van der Waals surface area contributed by atoms with Crippen molar-refractivity contribution in [1.82, 2.24) is 19.5 Å². The highest BCUT2D eigenvalue weighted by Crippen LogP contribution is 2.18. The molecule has 1 N–H and O–H groups in total. The fourth-order valence-corrected chi connectivity index (χ4v) is 3.28. The van der Waals surface area contributed by atoms with E-state index in [1.54, 1.807) is 27.5 Å². The molecule has 0 saturated carbocycles. The van der Waals surface area contributed by atoms with E-state index in [1.807, 2.05) is 62.4 Å². The molecule has 6 heteroatoms. The van der Waals surface area contributed by atoms with Crippen LogP contribution in [0.1, 0.15) is 23.1 Å². The van der Waals surface area contributed by atoms with Crippen molar-refractivity contribution in [2.45, 2.75) is 33.4 Å². The average molecular weight is 400 g/mol. The van der Waals surface area contributed by atoms with Crippen LogP contribution in [0.15, 0.2) is 71.8 Å². The summed E-state index contributed by atoms with van der Waals surface area (Å²) in [6.45, 7) is 4.86. The molecule has 0 radical (unpaired) electrons. The Hall–Kier alpha value is -3.67. The second kappa shape index (κ2) is 8.37. The van der Waals surface area contributed by atoms with Gasteiger partial charge >= 0.3 is 0 Å². The lowest BCUT2D eigenvalue weighted by Gasteiger charge is -2.08. The molecule has 1 amide bonds. The van der Waals surface area contributed by atoms with Crippen LogP contribution in [0.25, 0.3) is 16.8 Å². The number of nitrogens with one attached hydrogen (secondary N) is 1. The van der Waals surface area contributed by atoms with E-state index in [0.29, 0.717) is 18.6 Å². The molecule has 4 aromatic rings. The summed E-state index contributed by atoms with van der Waals surface area (Å²) in [5.41, 5.74) is 5.46. The Balaban J connectivity index is 1.43. The van der Waals surface area contributed by atoms with Gasteiger partial charge in [0.1, 0.15) is 5.52 Å². The zero-order valence-electron chi connectivity index (χ0n) is 17.1. The quantitative estimate of drug-likeness (QED) is 0.539. The molecule has 0 saturated heterocycles. The minimum absolute atomic E-state index is 0.0869. The molecular weight excluding hydrogens is 376 g/mol. The number of hydrogen-bond acceptors (Lipinski definition) is 3. The Morgan fingerprint density at radius 3 is 2.33 bits per heavy atom. The first-order valence-electron chi connectivity index (χ1n) is 9.98. The van der Waals surface area contributed by atoms with Gasteiger partial charge in [-0.1, -0.05) is 59.7 Å². The Labute approximate surface area is 174 Å². The molecule has 4 rings (SSSR count). The number of carbonyl (C=O) groups is 1. The van der Waals surface area contributed by atoms with Crippen LogP contribution in [0.5, 0.6) is 0 Å². The van der Waals surface area contributed by atoms with E-state index in [4.69, 9.17) is 0 Å². The summed E-state index contributed by atoms with van der Waals surface area (Å²) in [5.74, 6) is -0.0869. The summed E-state index contributed by atoms with van der Waals surface area (Å²) in [5, 5.41) is 7.41. The summed E-state index contributed by atoms with van der Waals surface area (Å²) >= 11 is 0. The number of fused-ring (bicyclic) bond motifs is 1. The van der Waals surface area contributed by atoms with E-state index in [-0.39, 0.29) is 17.9 Å². The smallest absolute Gasteiger partial charge is 0.276 e. The number of hydrogen-bond donors (Lipinski definition) is 1. The highest BCUT2D eigenvalue weighted by Gasteiger charge is 2.10. The predicted molar refractivity (Wildman–Crippen MR) is 117 cm³/mol. The molecule has 0 unspecified atom stereocenters. The molecule has 6 nitrogen and oxygen atoms in total. The number of amides is 1. The van der Waals surface area contributed by atoms with Crippen molar-refractivity contribution >= 4 is 11.4 Å². The van der Waals surface area contributed by atoms with Crippen molar-refractivity contribution in [2.24, 2.45) is 0 Å². The van der Waals surface area contributed by atoms with Gasteiger partial charge in [-0.3, -0.25) is 9.59 Å². The minimum Gasteiger partial charge on any atom is -0.352 e. The van der Waals surface area contributed by atoms with Crippen LogP contribution in [0, 0.1) is 13.8 Å². The third-order valence-corrected chi connectivity index (χ3v) is 5.14. The normalized spacial score (nSPS) is 11.0. The zero-order valence-corrected chi connectivity index (χ0v) is 17.1. The van der Waals surface area contributed by atoms with Crippen molar-refractivity contribution in [2.75, 3.05) is 0 Å². The highest BCUT2D eigenvalue weighted by molar-refractivity contribution is 5.75. The Bertz CT molecular complexity index is 1240. The molecule has 2 heterocycles. The van der Waals surface area contributed by atoms with Gasteiger partial charge < -0.3 is 9.88 Å². The van der Waals surface area contributed by atoms with E-state index in [9.17, 15) is 9.59 Å². The number of benzene rings is 2. The fourth-order valence-electron chi connectivity index (χ4n) is 3.28. The third-order valence-electron chi connectivity index (χ3n) is 5.14. The van der Waals surface area contributed by atoms with Crippen LogP contribution in [0.2, 0.25) is 0 Å². The molecule has 2 aromatic carbocycles. The lowest BCUT2D eigenvalue weighted by atomic mass is 10.1. The van der Waals surface area contributed by atoms with Crippen molar-refractivity contribution in [3.8, 4) is 11.3 Å². The van der Waals surface area contributed by atoms with Crippen LogP contribution >= 0.6 is 0 Å². The Morgan fingerprint density at radius 2 is 1.63 bits per heavy atom. The molecule has 0 aliphatic carbocycles. The molecular formula is C24H24N4O2. The SMILES string of the molecule is Cc1ccc(CNC(=O)CCn2ccn3nc(-c4ccc(C)cc4)cc3c2=O)cc1. The highest BCUT2D eigenvalue weighted by atomic mass is 16.1. The Morgan fingerprint density at radius 1 is 0.967 bits per heavy atom. The van der Waals surface area contributed by atoms with Crippen LogP contribution in [0.4, 0.5) is 0 Å². The van der Waals surface area contributed by atoms with Gasteiger partial charge in [0.15, 0.2) is 0 Å². The monoisotopic (exact) mass is 400 g/mol. The largest absolute Gasteiger partial charge is 0.352 e. The molecule has 0 bridgehead atoms. The molecule has 0 aliphatic heterocycles. The van der Waals surface area contributed by atoms with Crippen molar-refractivity contribution in [3.63, 3.8) is 0 Å². The summed E-state index contributed by atoms with van der Waals surface area (Å²) in [6, 6.07) is 17.9. The zero-order chi connectivity index (χ0) is 21.1. The van der Waals surface area contributed by atoms with Gasteiger partial charge in [-0.15, -0.1) is 0 Å². The maximum Gasteiger partial charge on any atom is 0.276 e. The molecule has 152 valence electrons. The first kappa shape index (κ1) is 19.6. The van der Waals surface area contributed by atoms with E-state index < -0.39 is 0 Å². The van der Waals surface area contributed by atoms with Gasteiger partial charge in [0.05, 0.1) is 5.69 Å². The third kappa shape index (κ3) is 4.33. The molecule has 0 aliphatic rings. The summed E-state index contributed by atoms with van der Waals surface area (Å²) in [7, 11) is 0. The van der Waals surface area contributed by atoms with Gasteiger partial charge in [-0.2, -0.15) is 5.10 Å². The number of rotatable bonds is 6.